The Morgan fingerprint density at radius 2 is 1.70 bits per heavy atom. The summed E-state index contributed by atoms with van der Waals surface area (Å²) in [4.78, 5) is 11.3. The van der Waals surface area contributed by atoms with Crippen LogP contribution in [0.5, 0.6) is 0 Å². The zero-order valence-electron chi connectivity index (χ0n) is 15.1. The Morgan fingerprint density at radius 1 is 1.11 bits per heavy atom. The maximum Gasteiger partial charge on any atom is 0.412 e. The lowest BCUT2D eigenvalue weighted by molar-refractivity contribution is 0.0635. The van der Waals surface area contributed by atoms with Crippen molar-refractivity contribution in [2.75, 3.05) is 11.1 Å². The van der Waals surface area contributed by atoms with Gasteiger partial charge < -0.3 is 16.2 Å². The van der Waals surface area contributed by atoms with E-state index in [1.165, 1.54) is 24.3 Å². The molecular weight excluding hydrogens is 399 g/mol. The standard InChI is InChI=1S/C11H13ClFNO2.C7H8ClFN2/c1-11(2,3)16-10(15)14-8-6-4-5-7(12)9(8)13;8-5-2-1-4(3-10)7(11)6(5)9/h4-6H,1-3H3,(H,14,15);1-2H,3,10-11H2. The van der Waals surface area contributed by atoms with Crippen LogP contribution in [0.25, 0.3) is 0 Å². The van der Waals surface area contributed by atoms with Crippen LogP contribution in [-0.2, 0) is 11.3 Å². The van der Waals surface area contributed by atoms with Gasteiger partial charge in [0.1, 0.15) is 5.60 Å². The van der Waals surface area contributed by atoms with Crippen molar-refractivity contribution in [1.29, 1.82) is 0 Å². The summed E-state index contributed by atoms with van der Waals surface area (Å²) in [5.74, 6) is -1.26. The number of rotatable bonds is 2. The molecule has 0 bridgehead atoms. The van der Waals surface area contributed by atoms with Crippen molar-refractivity contribution in [3.05, 3.63) is 57.6 Å². The van der Waals surface area contributed by atoms with Crippen molar-refractivity contribution >= 4 is 40.7 Å². The highest BCUT2D eigenvalue weighted by Crippen LogP contribution is 2.23. The second kappa shape index (κ2) is 9.73. The van der Waals surface area contributed by atoms with Crippen LogP contribution >= 0.6 is 23.2 Å². The van der Waals surface area contributed by atoms with Gasteiger partial charge in [-0.3, -0.25) is 5.32 Å². The zero-order valence-corrected chi connectivity index (χ0v) is 16.6. The third-order valence-corrected chi connectivity index (χ3v) is 3.61. The largest absolute Gasteiger partial charge is 0.444 e. The molecule has 148 valence electrons. The lowest BCUT2D eigenvalue weighted by Crippen LogP contribution is -2.27. The van der Waals surface area contributed by atoms with Crippen molar-refractivity contribution in [3.63, 3.8) is 0 Å². The van der Waals surface area contributed by atoms with E-state index in [1.807, 2.05) is 0 Å². The molecule has 0 atom stereocenters. The lowest BCUT2D eigenvalue weighted by atomic mass is 10.2. The molecule has 2 aromatic carbocycles. The number of hydrogen-bond acceptors (Lipinski definition) is 4. The predicted octanol–water partition coefficient (Wildman–Crippen LogP) is 5.35. The van der Waals surface area contributed by atoms with Crippen LogP contribution in [0.2, 0.25) is 10.0 Å². The summed E-state index contributed by atoms with van der Waals surface area (Å²) in [6.07, 6.45) is -0.714. The van der Waals surface area contributed by atoms with Crippen LogP contribution in [0.4, 0.5) is 25.0 Å². The zero-order chi connectivity index (χ0) is 20.8. The van der Waals surface area contributed by atoms with Gasteiger partial charge in [-0.25, -0.2) is 13.6 Å². The molecule has 5 N–H and O–H groups in total. The van der Waals surface area contributed by atoms with Crippen molar-refractivity contribution in [1.82, 2.24) is 0 Å². The van der Waals surface area contributed by atoms with Crippen molar-refractivity contribution < 1.29 is 18.3 Å². The van der Waals surface area contributed by atoms with Gasteiger partial charge in [-0.2, -0.15) is 0 Å². The molecule has 5 nitrogen and oxygen atoms in total. The summed E-state index contributed by atoms with van der Waals surface area (Å²) in [5.41, 5.74) is 10.6. The third-order valence-electron chi connectivity index (χ3n) is 3.03. The van der Waals surface area contributed by atoms with E-state index in [-0.39, 0.29) is 28.0 Å². The number of carbonyl (C=O) groups excluding carboxylic acids is 1. The first-order valence-corrected chi connectivity index (χ1v) is 8.58. The van der Waals surface area contributed by atoms with Crippen LogP contribution in [0.3, 0.4) is 0 Å². The maximum absolute atomic E-state index is 13.4. The molecule has 0 saturated carbocycles. The molecule has 27 heavy (non-hydrogen) atoms. The average Bonchev–Trinajstić information content (AvgIpc) is 2.56. The molecule has 2 aromatic rings. The molecule has 0 fully saturated rings. The van der Waals surface area contributed by atoms with Crippen LogP contribution in [0.1, 0.15) is 26.3 Å². The highest BCUT2D eigenvalue weighted by molar-refractivity contribution is 6.31. The molecule has 9 heteroatoms. The van der Waals surface area contributed by atoms with Gasteiger partial charge in [0.15, 0.2) is 11.6 Å². The van der Waals surface area contributed by atoms with Gasteiger partial charge in [-0.1, -0.05) is 35.3 Å². The monoisotopic (exact) mass is 419 g/mol. The van der Waals surface area contributed by atoms with Gasteiger partial charge in [-0.15, -0.1) is 0 Å². The average molecular weight is 420 g/mol. The first kappa shape index (κ1) is 23.0. The van der Waals surface area contributed by atoms with Crippen LogP contribution < -0.4 is 16.8 Å². The third kappa shape index (κ3) is 7.21. The van der Waals surface area contributed by atoms with Crippen molar-refractivity contribution in [3.8, 4) is 0 Å². The smallest absolute Gasteiger partial charge is 0.412 e. The maximum atomic E-state index is 13.4. The number of nitrogens with two attached hydrogens (primary N) is 2. The molecule has 0 spiro atoms. The Balaban J connectivity index is 0.000000289. The number of ether oxygens (including phenoxy) is 1. The minimum Gasteiger partial charge on any atom is -0.444 e. The summed E-state index contributed by atoms with van der Waals surface area (Å²) in [6, 6.07) is 7.40. The van der Waals surface area contributed by atoms with Crippen LogP contribution in [-0.4, -0.2) is 11.7 Å². The molecular formula is C18H21Cl2F2N3O2. The summed E-state index contributed by atoms with van der Waals surface area (Å²) < 4.78 is 31.2. The number of carbonyl (C=O) groups is 1. The minimum absolute atomic E-state index is 0.00162. The number of hydrogen-bond donors (Lipinski definition) is 3. The number of amides is 1. The Morgan fingerprint density at radius 3 is 2.26 bits per heavy atom. The van der Waals surface area contributed by atoms with Gasteiger partial charge in [-0.05, 0) is 44.5 Å². The highest BCUT2D eigenvalue weighted by atomic mass is 35.5. The second-order valence-corrected chi connectivity index (χ2v) is 7.18. The van der Waals surface area contributed by atoms with E-state index in [2.05, 4.69) is 5.32 Å². The van der Waals surface area contributed by atoms with Gasteiger partial charge in [0.05, 0.1) is 21.4 Å². The van der Waals surface area contributed by atoms with Crippen molar-refractivity contribution in [2.24, 2.45) is 5.73 Å². The number of anilines is 2. The summed E-state index contributed by atoms with van der Waals surface area (Å²) in [7, 11) is 0. The second-order valence-electron chi connectivity index (χ2n) is 6.37. The van der Waals surface area contributed by atoms with E-state index in [0.29, 0.717) is 5.56 Å². The van der Waals surface area contributed by atoms with E-state index in [1.54, 1.807) is 26.8 Å². The molecule has 0 aliphatic heterocycles. The Hall–Kier alpha value is -2.09. The summed E-state index contributed by atoms with van der Waals surface area (Å²) >= 11 is 11.0. The summed E-state index contributed by atoms with van der Waals surface area (Å²) in [5, 5.41) is 2.27. The first-order chi connectivity index (χ1) is 12.5. The molecule has 0 aromatic heterocycles. The number of nitrogen functional groups attached to an aromatic ring is 1. The fourth-order valence-electron chi connectivity index (χ4n) is 1.80. The normalized spacial score (nSPS) is 10.7. The number of benzene rings is 2. The minimum atomic E-state index is -0.714. The molecule has 0 heterocycles. The topological polar surface area (TPSA) is 90.4 Å². The molecule has 0 saturated heterocycles. The van der Waals surface area contributed by atoms with E-state index in [9.17, 15) is 13.6 Å². The summed E-state index contributed by atoms with van der Waals surface area (Å²) in [6.45, 7) is 5.39. The molecule has 0 aliphatic carbocycles. The predicted molar refractivity (Wildman–Crippen MR) is 105 cm³/mol. The first-order valence-electron chi connectivity index (χ1n) is 7.82. The molecule has 1 amide bonds. The van der Waals surface area contributed by atoms with Gasteiger partial charge in [0.25, 0.3) is 0 Å². The molecule has 2 rings (SSSR count). The van der Waals surface area contributed by atoms with E-state index >= 15 is 0 Å². The number of halogens is 4. The Kier molecular flexibility index (Phi) is 8.27. The van der Waals surface area contributed by atoms with Crippen molar-refractivity contribution in [2.45, 2.75) is 32.9 Å². The SMILES string of the molecule is CC(C)(C)OC(=O)Nc1cccc(Cl)c1F.NCc1ccc(Cl)c(F)c1N. The van der Waals surface area contributed by atoms with E-state index < -0.39 is 23.3 Å². The van der Waals surface area contributed by atoms with Gasteiger partial charge in [0, 0.05) is 6.54 Å². The lowest BCUT2D eigenvalue weighted by Gasteiger charge is -2.19. The Labute approximate surface area is 166 Å². The van der Waals surface area contributed by atoms with E-state index in [0.717, 1.165) is 0 Å². The van der Waals surface area contributed by atoms with E-state index in [4.69, 9.17) is 39.4 Å². The van der Waals surface area contributed by atoms with Gasteiger partial charge in [0.2, 0.25) is 0 Å². The quantitative estimate of drug-likeness (QED) is 0.572. The van der Waals surface area contributed by atoms with Gasteiger partial charge >= 0.3 is 6.09 Å². The molecule has 0 unspecified atom stereocenters. The Bertz CT molecular complexity index is 812. The molecule has 0 radical (unpaired) electrons. The van der Waals surface area contributed by atoms with Crippen LogP contribution in [0.15, 0.2) is 30.3 Å². The highest BCUT2D eigenvalue weighted by Gasteiger charge is 2.17. The molecule has 0 aliphatic rings. The number of nitrogens with one attached hydrogen (secondary N) is 1. The fourth-order valence-corrected chi connectivity index (χ4v) is 2.14. The fraction of sp³-hybridized carbons (Fsp3) is 0.278. The van der Waals surface area contributed by atoms with Crippen LogP contribution in [0, 0.1) is 11.6 Å².